The van der Waals surface area contributed by atoms with E-state index < -0.39 is 0 Å². The van der Waals surface area contributed by atoms with Crippen LogP contribution in [-0.4, -0.2) is 109 Å². The first kappa shape index (κ1) is 32.7. The van der Waals surface area contributed by atoms with Crippen molar-refractivity contribution in [2.24, 2.45) is 0 Å². The minimum absolute atomic E-state index is 0.881. The lowest BCUT2D eigenvalue weighted by Gasteiger charge is -2.41. The number of nitrogens with zero attached hydrogens (tertiary/aromatic N) is 4. The molecule has 40 heavy (non-hydrogen) atoms. The lowest BCUT2D eigenvalue weighted by molar-refractivity contribution is 0.0775. The third kappa shape index (κ3) is 10.8. The number of unbranched alkanes of at least 4 members (excludes halogenated alkanes) is 2. The molecule has 234 valence electrons. The number of rotatable bonds is 21. The summed E-state index contributed by atoms with van der Waals surface area (Å²) in [6.45, 7) is 17.3. The maximum atomic E-state index is 3.78. The van der Waals surface area contributed by atoms with E-state index in [0.717, 1.165) is 30.7 Å². The maximum Gasteiger partial charge on any atom is 0.0112 e. The highest BCUT2D eigenvalue weighted by atomic mass is 15.2. The molecule has 0 aromatic heterocycles. The number of hydrogen-bond acceptors (Lipinski definition) is 5. The fourth-order valence-electron chi connectivity index (χ4n) is 7.04. The SMILES string of the molecule is C1CCC1.CCN(CCNCCN(CCCCCN(CCN(CC)C1CCC1)C1CCC1)C1CCC1)C1CCC1. The summed E-state index contributed by atoms with van der Waals surface area (Å²) in [5, 5.41) is 3.78. The molecule has 0 aliphatic heterocycles. The fraction of sp³-hybridized carbons (Fsp3) is 1.00. The Balaban J connectivity index is 0.000000848. The lowest BCUT2D eigenvalue weighted by atomic mass is 9.90. The summed E-state index contributed by atoms with van der Waals surface area (Å²) in [4.78, 5) is 11.2. The van der Waals surface area contributed by atoms with Crippen LogP contribution in [0, 0.1) is 0 Å². The van der Waals surface area contributed by atoms with Gasteiger partial charge >= 0.3 is 0 Å². The number of hydrogen-bond donors (Lipinski definition) is 1. The van der Waals surface area contributed by atoms with Gasteiger partial charge < -0.3 is 5.32 Å². The van der Waals surface area contributed by atoms with Crippen LogP contribution in [0.5, 0.6) is 0 Å². The van der Waals surface area contributed by atoms with E-state index >= 15 is 0 Å². The second-order valence-electron chi connectivity index (χ2n) is 13.9. The van der Waals surface area contributed by atoms with Crippen LogP contribution in [0.2, 0.25) is 0 Å². The second-order valence-corrected chi connectivity index (χ2v) is 13.9. The van der Waals surface area contributed by atoms with Crippen LogP contribution < -0.4 is 5.32 Å². The molecule has 0 unspecified atom stereocenters. The van der Waals surface area contributed by atoms with E-state index in [9.17, 15) is 0 Å². The Bertz CT molecular complexity index is 619. The molecule has 1 N–H and O–H groups in total. The van der Waals surface area contributed by atoms with E-state index in [0.29, 0.717) is 0 Å². The molecule has 0 amide bonds. The quantitative estimate of drug-likeness (QED) is 0.157. The highest BCUT2D eigenvalue weighted by Gasteiger charge is 2.28. The summed E-state index contributed by atoms with van der Waals surface area (Å²) in [5.41, 5.74) is 0. The average Bonchev–Trinajstić information content (AvgIpc) is 2.78. The summed E-state index contributed by atoms with van der Waals surface area (Å²) in [7, 11) is 0. The van der Waals surface area contributed by atoms with Crippen molar-refractivity contribution in [2.45, 2.75) is 160 Å². The van der Waals surface area contributed by atoms with Crippen LogP contribution in [0.1, 0.15) is 136 Å². The van der Waals surface area contributed by atoms with E-state index in [-0.39, 0.29) is 0 Å². The molecule has 5 rings (SSSR count). The minimum Gasteiger partial charge on any atom is -0.314 e. The van der Waals surface area contributed by atoms with E-state index in [1.807, 2.05) is 0 Å². The van der Waals surface area contributed by atoms with E-state index in [2.05, 4.69) is 38.8 Å². The first-order valence-electron chi connectivity index (χ1n) is 18.4. The van der Waals surface area contributed by atoms with Crippen molar-refractivity contribution in [2.75, 3.05) is 65.4 Å². The van der Waals surface area contributed by atoms with Crippen LogP contribution in [0.25, 0.3) is 0 Å². The molecular weight excluding hydrogens is 490 g/mol. The second kappa shape index (κ2) is 19.2. The Kier molecular flexibility index (Phi) is 15.7. The van der Waals surface area contributed by atoms with Crippen molar-refractivity contribution in [1.29, 1.82) is 0 Å². The largest absolute Gasteiger partial charge is 0.314 e. The monoisotopic (exact) mass is 560 g/mol. The van der Waals surface area contributed by atoms with Gasteiger partial charge in [0.25, 0.3) is 0 Å². The van der Waals surface area contributed by atoms with Crippen LogP contribution in [0.3, 0.4) is 0 Å². The van der Waals surface area contributed by atoms with Crippen LogP contribution >= 0.6 is 0 Å². The molecule has 5 fully saturated rings. The Morgan fingerprint density at radius 2 is 0.750 bits per heavy atom. The zero-order chi connectivity index (χ0) is 27.8. The fourth-order valence-corrected chi connectivity index (χ4v) is 7.04. The maximum absolute atomic E-state index is 3.78. The Labute approximate surface area is 250 Å². The van der Waals surface area contributed by atoms with Gasteiger partial charge in [0.15, 0.2) is 0 Å². The summed E-state index contributed by atoms with van der Waals surface area (Å²) in [6, 6.07) is 3.57. The topological polar surface area (TPSA) is 25.0 Å². The van der Waals surface area contributed by atoms with Gasteiger partial charge in [0, 0.05) is 63.4 Å². The molecule has 5 nitrogen and oxygen atoms in total. The van der Waals surface area contributed by atoms with Crippen molar-refractivity contribution in [1.82, 2.24) is 24.9 Å². The van der Waals surface area contributed by atoms with Gasteiger partial charge in [-0.15, -0.1) is 0 Å². The lowest BCUT2D eigenvalue weighted by Crippen LogP contribution is -2.48. The van der Waals surface area contributed by atoms with E-state index in [1.54, 1.807) is 0 Å². The summed E-state index contributed by atoms with van der Waals surface area (Å²) < 4.78 is 0. The van der Waals surface area contributed by atoms with Crippen molar-refractivity contribution >= 4 is 0 Å². The zero-order valence-corrected chi connectivity index (χ0v) is 27.1. The van der Waals surface area contributed by atoms with Crippen LogP contribution in [-0.2, 0) is 0 Å². The van der Waals surface area contributed by atoms with Crippen LogP contribution in [0.15, 0.2) is 0 Å². The predicted octanol–water partition coefficient (Wildman–Crippen LogP) is 6.76. The molecule has 0 aromatic rings. The van der Waals surface area contributed by atoms with Crippen molar-refractivity contribution in [3.8, 4) is 0 Å². The van der Waals surface area contributed by atoms with Gasteiger partial charge in [-0.2, -0.15) is 0 Å². The summed E-state index contributed by atoms with van der Waals surface area (Å²) in [5.74, 6) is 0. The first-order chi connectivity index (χ1) is 19.8. The molecule has 5 heteroatoms. The molecule has 0 atom stereocenters. The van der Waals surface area contributed by atoms with Crippen molar-refractivity contribution < 1.29 is 0 Å². The van der Waals surface area contributed by atoms with Gasteiger partial charge in [-0.05, 0) is 90.4 Å². The standard InChI is InChI=1S/C31H61N5.C4H8/c1-3-33(28-12-8-13-28)24-20-32-21-25-35(30-16-10-17-30)22-6-5-7-23-36(31-18-11-19-31)27-26-34(4-2)29-14-9-15-29;1-2-4-3-1/h28-32H,3-27H2,1-2H3;1-4H2. The van der Waals surface area contributed by atoms with Crippen molar-refractivity contribution in [3.05, 3.63) is 0 Å². The van der Waals surface area contributed by atoms with Gasteiger partial charge in [0.2, 0.25) is 0 Å². The molecule has 5 aliphatic rings. The molecule has 5 aliphatic carbocycles. The zero-order valence-electron chi connectivity index (χ0n) is 27.1. The smallest absolute Gasteiger partial charge is 0.0112 e. The Hall–Kier alpha value is -0.200. The van der Waals surface area contributed by atoms with Gasteiger partial charge in [-0.1, -0.05) is 71.6 Å². The molecule has 0 saturated heterocycles. The predicted molar refractivity (Wildman–Crippen MR) is 173 cm³/mol. The Morgan fingerprint density at radius 3 is 1.12 bits per heavy atom. The molecule has 0 bridgehead atoms. The van der Waals surface area contributed by atoms with Crippen molar-refractivity contribution in [3.63, 3.8) is 0 Å². The van der Waals surface area contributed by atoms with E-state index in [1.165, 1.54) is 181 Å². The molecule has 0 radical (unpaired) electrons. The molecule has 5 saturated carbocycles. The molecule has 0 spiro atoms. The Morgan fingerprint density at radius 1 is 0.400 bits per heavy atom. The molecular formula is C35H69N5. The molecule has 0 aromatic carbocycles. The minimum atomic E-state index is 0.881. The van der Waals surface area contributed by atoms with Gasteiger partial charge in [0.1, 0.15) is 0 Å². The van der Waals surface area contributed by atoms with E-state index in [4.69, 9.17) is 0 Å². The van der Waals surface area contributed by atoms with Gasteiger partial charge in [-0.3, -0.25) is 19.6 Å². The van der Waals surface area contributed by atoms with Gasteiger partial charge in [0.05, 0.1) is 0 Å². The first-order valence-corrected chi connectivity index (χ1v) is 18.4. The highest BCUT2D eigenvalue weighted by Crippen LogP contribution is 2.28. The summed E-state index contributed by atoms with van der Waals surface area (Å²) in [6.07, 6.45) is 27.6. The summed E-state index contributed by atoms with van der Waals surface area (Å²) >= 11 is 0. The van der Waals surface area contributed by atoms with Crippen LogP contribution in [0.4, 0.5) is 0 Å². The molecule has 0 heterocycles. The third-order valence-corrected chi connectivity index (χ3v) is 11.4. The highest BCUT2D eigenvalue weighted by molar-refractivity contribution is 4.84. The number of likely N-dealkylation sites (N-methyl/N-ethyl adjacent to an activating group) is 2. The number of nitrogens with one attached hydrogen (secondary N) is 1. The normalized spacial score (nSPS) is 22.1. The van der Waals surface area contributed by atoms with Gasteiger partial charge in [-0.25, -0.2) is 0 Å². The third-order valence-electron chi connectivity index (χ3n) is 11.4. The average molecular weight is 560 g/mol.